The summed E-state index contributed by atoms with van der Waals surface area (Å²) in [5, 5.41) is 4.41. The number of benzene rings is 1. The van der Waals surface area contributed by atoms with Crippen LogP contribution in [-0.4, -0.2) is 31.7 Å². The Balaban J connectivity index is 1.69. The fourth-order valence-corrected chi connectivity index (χ4v) is 4.73. The van der Waals surface area contributed by atoms with Crippen LogP contribution in [0.15, 0.2) is 18.2 Å². The van der Waals surface area contributed by atoms with Crippen molar-refractivity contribution in [3.63, 3.8) is 0 Å². The second kappa shape index (κ2) is 8.26. The van der Waals surface area contributed by atoms with E-state index in [-0.39, 0.29) is 17.4 Å². The molecule has 1 aliphatic heterocycles. The van der Waals surface area contributed by atoms with Gasteiger partial charge < -0.3 is 15.8 Å². The predicted octanol–water partition coefficient (Wildman–Crippen LogP) is 3.68. The minimum Gasteiger partial charge on any atom is -0.381 e. The van der Waals surface area contributed by atoms with Gasteiger partial charge >= 0.3 is 0 Å². The molecule has 3 N–H and O–H groups in total. The molecular weight excluding hydrogens is 359 g/mol. The van der Waals surface area contributed by atoms with Gasteiger partial charge in [0, 0.05) is 47.7 Å². The second-order valence-electron chi connectivity index (χ2n) is 7.35. The van der Waals surface area contributed by atoms with Crippen molar-refractivity contribution in [3.05, 3.63) is 33.8 Å². The SMILES string of the molecule is N[C@@H]1CCC[C@H]1CC(=O)NCC1(c2ccc(Cl)cc2Cl)CCOCC1. The molecule has 4 nitrogen and oxygen atoms in total. The number of halogens is 2. The third-order valence-corrected chi connectivity index (χ3v) is 6.29. The van der Waals surface area contributed by atoms with Crippen molar-refractivity contribution >= 4 is 29.1 Å². The van der Waals surface area contributed by atoms with Crippen LogP contribution < -0.4 is 11.1 Å². The molecule has 1 aliphatic carbocycles. The Bertz CT molecular complexity index is 617. The molecule has 2 aliphatic rings. The Kier molecular flexibility index (Phi) is 6.26. The molecule has 1 saturated carbocycles. The van der Waals surface area contributed by atoms with Crippen LogP contribution in [0, 0.1) is 5.92 Å². The Morgan fingerprint density at radius 2 is 2.04 bits per heavy atom. The number of nitrogens with two attached hydrogens (primary N) is 1. The highest BCUT2D eigenvalue weighted by Gasteiger charge is 2.37. The molecule has 0 radical (unpaired) electrons. The maximum atomic E-state index is 12.4. The average Bonchev–Trinajstić information content (AvgIpc) is 2.99. The van der Waals surface area contributed by atoms with E-state index in [0.29, 0.717) is 42.1 Å². The quantitative estimate of drug-likeness (QED) is 0.813. The first kappa shape index (κ1) is 19.0. The lowest BCUT2D eigenvalue weighted by atomic mass is 9.74. The molecule has 25 heavy (non-hydrogen) atoms. The van der Waals surface area contributed by atoms with Gasteiger partial charge in [0.2, 0.25) is 5.91 Å². The van der Waals surface area contributed by atoms with Gasteiger partial charge in [0.1, 0.15) is 0 Å². The number of carbonyl (C=O) groups excluding carboxylic acids is 1. The van der Waals surface area contributed by atoms with E-state index >= 15 is 0 Å². The highest BCUT2D eigenvalue weighted by Crippen LogP contribution is 2.39. The third-order valence-electron chi connectivity index (χ3n) is 5.74. The summed E-state index contributed by atoms with van der Waals surface area (Å²) in [7, 11) is 0. The summed E-state index contributed by atoms with van der Waals surface area (Å²) in [6, 6.07) is 5.78. The Labute approximate surface area is 159 Å². The Morgan fingerprint density at radius 1 is 1.28 bits per heavy atom. The summed E-state index contributed by atoms with van der Waals surface area (Å²) in [5.74, 6) is 0.392. The fraction of sp³-hybridized carbons (Fsp3) is 0.632. The van der Waals surface area contributed by atoms with Gasteiger partial charge in [0.15, 0.2) is 0 Å². The number of amides is 1. The maximum Gasteiger partial charge on any atom is 0.220 e. The van der Waals surface area contributed by atoms with Crippen molar-refractivity contribution in [2.24, 2.45) is 11.7 Å². The summed E-state index contributed by atoms with van der Waals surface area (Å²) < 4.78 is 5.54. The molecule has 0 bridgehead atoms. The first-order chi connectivity index (χ1) is 12.0. The second-order valence-corrected chi connectivity index (χ2v) is 8.20. The van der Waals surface area contributed by atoms with Gasteiger partial charge in [-0.3, -0.25) is 4.79 Å². The lowest BCUT2D eigenvalue weighted by molar-refractivity contribution is -0.122. The van der Waals surface area contributed by atoms with E-state index in [9.17, 15) is 4.79 Å². The molecule has 0 unspecified atom stereocenters. The van der Waals surface area contributed by atoms with Gasteiger partial charge in [-0.1, -0.05) is 35.7 Å². The smallest absolute Gasteiger partial charge is 0.220 e. The molecule has 2 atom stereocenters. The average molecular weight is 385 g/mol. The van der Waals surface area contributed by atoms with Crippen LogP contribution >= 0.6 is 23.2 Å². The van der Waals surface area contributed by atoms with E-state index in [2.05, 4.69) is 5.32 Å². The fourth-order valence-electron chi connectivity index (χ4n) is 4.12. The van der Waals surface area contributed by atoms with E-state index in [1.54, 1.807) is 6.07 Å². The molecule has 6 heteroatoms. The molecule has 3 rings (SSSR count). The van der Waals surface area contributed by atoms with Gasteiger partial charge in [0.05, 0.1) is 0 Å². The van der Waals surface area contributed by atoms with Crippen molar-refractivity contribution in [2.75, 3.05) is 19.8 Å². The van der Waals surface area contributed by atoms with Gasteiger partial charge in [-0.15, -0.1) is 0 Å². The van der Waals surface area contributed by atoms with E-state index in [1.165, 1.54) is 0 Å². The third kappa shape index (κ3) is 4.48. The van der Waals surface area contributed by atoms with Crippen LogP contribution in [0.4, 0.5) is 0 Å². The highest BCUT2D eigenvalue weighted by molar-refractivity contribution is 6.35. The van der Waals surface area contributed by atoms with E-state index < -0.39 is 0 Å². The number of nitrogens with one attached hydrogen (secondary N) is 1. The molecule has 1 saturated heterocycles. The number of rotatable bonds is 5. The van der Waals surface area contributed by atoms with Gasteiger partial charge in [-0.2, -0.15) is 0 Å². The molecule has 1 aromatic carbocycles. The molecule has 138 valence electrons. The first-order valence-electron chi connectivity index (χ1n) is 9.06. The molecule has 1 aromatic rings. The van der Waals surface area contributed by atoms with Crippen molar-refractivity contribution in [1.29, 1.82) is 0 Å². The summed E-state index contributed by atoms with van der Waals surface area (Å²) in [6.45, 7) is 1.91. The zero-order valence-electron chi connectivity index (χ0n) is 14.4. The summed E-state index contributed by atoms with van der Waals surface area (Å²) in [4.78, 5) is 12.4. The molecule has 0 aromatic heterocycles. The molecule has 1 heterocycles. The van der Waals surface area contributed by atoms with E-state index in [1.807, 2.05) is 12.1 Å². The predicted molar refractivity (Wildman–Crippen MR) is 101 cm³/mol. The van der Waals surface area contributed by atoms with E-state index in [0.717, 1.165) is 37.7 Å². The minimum atomic E-state index is -0.201. The Hall–Kier alpha value is -0.810. The molecule has 1 amide bonds. The standard InChI is InChI=1S/C19H26Cl2N2O2/c20-14-4-5-15(16(21)11-14)19(6-8-25-9-7-19)12-23-18(24)10-13-2-1-3-17(13)22/h4-5,11,13,17H,1-3,6-10,12,22H2,(H,23,24)/t13-,17+/m0/s1. The van der Waals surface area contributed by atoms with Crippen molar-refractivity contribution in [3.8, 4) is 0 Å². The summed E-state index contributed by atoms with van der Waals surface area (Å²) in [5.41, 5.74) is 6.93. The van der Waals surface area contributed by atoms with Gasteiger partial charge in [-0.25, -0.2) is 0 Å². The summed E-state index contributed by atoms with van der Waals surface area (Å²) >= 11 is 12.5. The summed E-state index contributed by atoms with van der Waals surface area (Å²) in [6.07, 6.45) is 5.38. The Morgan fingerprint density at radius 3 is 2.68 bits per heavy atom. The normalized spacial score (nSPS) is 25.7. The maximum absolute atomic E-state index is 12.4. The van der Waals surface area contributed by atoms with E-state index in [4.69, 9.17) is 33.7 Å². The first-order valence-corrected chi connectivity index (χ1v) is 9.81. The lowest BCUT2D eigenvalue weighted by Gasteiger charge is -2.38. The van der Waals surface area contributed by atoms with Crippen LogP contribution in [0.2, 0.25) is 10.0 Å². The van der Waals surface area contributed by atoms with Crippen LogP contribution in [0.1, 0.15) is 44.1 Å². The highest BCUT2D eigenvalue weighted by atomic mass is 35.5. The zero-order valence-corrected chi connectivity index (χ0v) is 15.9. The van der Waals surface area contributed by atoms with Crippen LogP contribution in [0.25, 0.3) is 0 Å². The number of carbonyl (C=O) groups is 1. The lowest BCUT2D eigenvalue weighted by Crippen LogP contribution is -2.45. The topological polar surface area (TPSA) is 64.4 Å². The number of ether oxygens (including phenoxy) is 1. The largest absolute Gasteiger partial charge is 0.381 e. The number of hydrogen-bond acceptors (Lipinski definition) is 3. The van der Waals surface area contributed by atoms with Crippen molar-refractivity contribution in [2.45, 2.75) is 50.0 Å². The monoisotopic (exact) mass is 384 g/mol. The van der Waals surface area contributed by atoms with Crippen LogP contribution in [-0.2, 0) is 14.9 Å². The minimum absolute atomic E-state index is 0.0818. The van der Waals surface area contributed by atoms with Gasteiger partial charge in [-0.05, 0) is 49.3 Å². The zero-order chi connectivity index (χ0) is 17.9. The molecule has 2 fully saturated rings. The van der Waals surface area contributed by atoms with Crippen molar-refractivity contribution in [1.82, 2.24) is 5.32 Å². The van der Waals surface area contributed by atoms with Crippen molar-refractivity contribution < 1.29 is 9.53 Å². The number of hydrogen-bond donors (Lipinski definition) is 2. The molecule has 0 spiro atoms. The van der Waals surface area contributed by atoms with Crippen LogP contribution in [0.3, 0.4) is 0 Å². The molecular formula is C19H26Cl2N2O2. The van der Waals surface area contributed by atoms with Gasteiger partial charge in [0.25, 0.3) is 0 Å². The van der Waals surface area contributed by atoms with Crippen LogP contribution in [0.5, 0.6) is 0 Å².